The molecule has 0 aliphatic carbocycles. The molecule has 8 heteroatoms. The predicted molar refractivity (Wildman–Crippen MR) is 93.1 cm³/mol. The predicted octanol–water partition coefficient (Wildman–Crippen LogP) is 2.63. The zero-order valence-electron chi connectivity index (χ0n) is 13.9. The van der Waals surface area contributed by atoms with Gasteiger partial charge >= 0.3 is 0 Å². The fourth-order valence-electron chi connectivity index (χ4n) is 1.89. The quantitative estimate of drug-likeness (QED) is 0.676. The van der Waals surface area contributed by atoms with Crippen molar-refractivity contribution < 1.29 is 19.0 Å². The Kier molecular flexibility index (Phi) is 6.98. The van der Waals surface area contributed by atoms with Crippen molar-refractivity contribution in [2.45, 2.75) is 13.2 Å². The number of amides is 1. The maximum atomic E-state index is 12.0. The average Bonchev–Trinajstić information content (AvgIpc) is 3.06. The van der Waals surface area contributed by atoms with Gasteiger partial charge in [0, 0.05) is 25.3 Å². The lowest BCUT2D eigenvalue weighted by Crippen LogP contribution is -2.34. The number of hydrogen-bond donors (Lipinski definition) is 2. The maximum absolute atomic E-state index is 12.0. The van der Waals surface area contributed by atoms with E-state index >= 15 is 0 Å². The average molecular weight is 351 g/mol. The number of aromatic nitrogens is 1. The summed E-state index contributed by atoms with van der Waals surface area (Å²) >= 11 is 1.36. The lowest BCUT2D eigenvalue weighted by molar-refractivity contribution is -0.0974. The summed E-state index contributed by atoms with van der Waals surface area (Å²) < 4.78 is 15.4. The van der Waals surface area contributed by atoms with E-state index in [0.29, 0.717) is 17.4 Å². The van der Waals surface area contributed by atoms with E-state index in [1.165, 1.54) is 25.6 Å². The van der Waals surface area contributed by atoms with E-state index in [4.69, 9.17) is 14.2 Å². The third-order valence-electron chi connectivity index (χ3n) is 3.11. The third kappa shape index (κ3) is 5.19. The van der Waals surface area contributed by atoms with Gasteiger partial charge in [0.2, 0.25) is 0 Å². The van der Waals surface area contributed by atoms with Crippen molar-refractivity contribution >= 4 is 28.1 Å². The van der Waals surface area contributed by atoms with Gasteiger partial charge in [0.15, 0.2) is 11.4 Å². The molecule has 0 aliphatic heterocycles. The molecule has 24 heavy (non-hydrogen) atoms. The Morgan fingerprint density at radius 1 is 1.25 bits per heavy atom. The van der Waals surface area contributed by atoms with Crippen LogP contribution in [-0.2, 0) is 9.47 Å². The summed E-state index contributed by atoms with van der Waals surface area (Å²) in [4.78, 5) is 16.3. The number of benzene rings is 1. The van der Waals surface area contributed by atoms with Crippen LogP contribution in [0.5, 0.6) is 5.75 Å². The first-order valence-corrected chi connectivity index (χ1v) is 8.33. The molecule has 0 bridgehead atoms. The molecule has 130 valence electrons. The van der Waals surface area contributed by atoms with Crippen LogP contribution >= 0.6 is 11.3 Å². The van der Waals surface area contributed by atoms with E-state index < -0.39 is 6.29 Å². The van der Waals surface area contributed by atoms with Crippen LogP contribution in [0, 0.1) is 0 Å². The molecule has 0 saturated carbocycles. The SMILES string of the molecule is CCOc1ccc(Nc2nc(C(=O)NCC(OC)OC)cs2)cc1. The molecule has 1 heterocycles. The highest BCUT2D eigenvalue weighted by Gasteiger charge is 2.13. The first-order chi connectivity index (χ1) is 11.7. The Morgan fingerprint density at radius 2 is 1.96 bits per heavy atom. The molecule has 0 aliphatic rings. The van der Waals surface area contributed by atoms with Gasteiger partial charge in [0.1, 0.15) is 11.4 Å². The summed E-state index contributed by atoms with van der Waals surface area (Å²) in [6.45, 7) is 2.82. The van der Waals surface area contributed by atoms with Gasteiger partial charge in [0.25, 0.3) is 5.91 Å². The molecule has 1 aromatic heterocycles. The van der Waals surface area contributed by atoms with Crippen molar-refractivity contribution in [3.63, 3.8) is 0 Å². The largest absolute Gasteiger partial charge is 0.494 e. The molecule has 0 saturated heterocycles. The normalized spacial score (nSPS) is 10.7. The van der Waals surface area contributed by atoms with Crippen LogP contribution in [0.15, 0.2) is 29.6 Å². The Bertz CT molecular complexity index is 641. The van der Waals surface area contributed by atoms with Crippen molar-refractivity contribution in [3.05, 3.63) is 35.3 Å². The number of nitrogens with zero attached hydrogens (tertiary/aromatic N) is 1. The number of rotatable bonds is 9. The Morgan fingerprint density at radius 3 is 2.58 bits per heavy atom. The summed E-state index contributed by atoms with van der Waals surface area (Å²) in [5.74, 6) is 0.540. The van der Waals surface area contributed by atoms with Gasteiger partial charge in [-0.2, -0.15) is 0 Å². The molecule has 2 rings (SSSR count). The summed E-state index contributed by atoms with van der Waals surface area (Å²) in [5, 5.41) is 8.20. The van der Waals surface area contributed by atoms with E-state index in [2.05, 4.69) is 15.6 Å². The number of anilines is 2. The molecule has 1 aromatic carbocycles. The molecule has 0 spiro atoms. The molecule has 2 N–H and O–H groups in total. The summed E-state index contributed by atoms with van der Waals surface area (Å²) in [6, 6.07) is 7.55. The fraction of sp³-hybridized carbons (Fsp3) is 0.375. The van der Waals surface area contributed by atoms with E-state index in [0.717, 1.165) is 11.4 Å². The Hall–Kier alpha value is -2.16. The molecule has 7 nitrogen and oxygen atoms in total. The van der Waals surface area contributed by atoms with Crippen molar-refractivity contribution in [2.75, 3.05) is 32.7 Å². The zero-order valence-corrected chi connectivity index (χ0v) is 14.7. The van der Waals surface area contributed by atoms with Gasteiger partial charge in [0.05, 0.1) is 13.2 Å². The Labute approximate surface area is 145 Å². The smallest absolute Gasteiger partial charge is 0.271 e. The molecular weight excluding hydrogens is 330 g/mol. The van der Waals surface area contributed by atoms with Gasteiger partial charge < -0.3 is 24.8 Å². The van der Waals surface area contributed by atoms with Crippen molar-refractivity contribution in [3.8, 4) is 5.75 Å². The number of ether oxygens (including phenoxy) is 3. The first-order valence-electron chi connectivity index (χ1n) is 7.45. The van der Waals surface area contributed by atoms with Crippen molar-refractivity contribution in [2.24, 2.45) is 0 Å². The minimum Gasteiger partial charge on any atom is -0.494 e. The van der Waals surface area contributed by atoms with Crippen molar-refractivity contribution in [1.29, 1.82) is 0 Å². The van der Waals surface area contributed by atoms with Gasteiger partial charge in [-0.3, -0.25) is 4.79 Å². The van der Waals surface area contributed by atoms with Crippen molar-refractivity contribution in [1.82, 2.24) is 10.3 Å². The van der Waals surface area contributed by atoms with E-state index in [-0.39, 0.29) is 12.5 Å². The van der Waals surface area contributed by atoms with E-state index in [1.54, 1.807) is 5.38 Å². The highest BCUT2D eigenvalue weighted by atomic mass is 32.1. The van der Waals surface area contributed by atoms with E-state index in [9.17, 15) is 4.79 Å². The summed E-state index contributed by atoms with van der Waals surface area (Å²) in [5.41, 5.74) is 1.22. The monoisotopic (exact) mass is 351 g/mol. The van der Waals surface area contributed by atoms with Crippen LogP contribution in [0.25, 0.3) is 0 Å². The number of hydrogen-bond acceptors (Lipinski definition) is 7. The molecule has 0 atom stereocenters. The molecule has 2 aromatic rings. The number of methoxy groups -OCH3 is 2. The van der Waals surface area contributed by atoms with Crippen LogP contribution in [-0.4, -0.2) is 44.6 Å². The maximum Gasteiger partial charge on any atom is 0.271 e. The third-order valence-corrected chi connectivity index (χ3v) is 3.87. The summed E-state index contributed by atoms with van der Waals surface area (Å²) in [7, 11) is 3.03. The Balaban J connectivity index is 1.91. The minimum atomic E-state index is -0.478. The summed E-state index contributed by atoms with van der Waals surface area (Å²) in [6.07, 6.45) is -0.478. The molecule has 1 amide bonds. The van der Waals surface area contributed by atoms with Crippen LogP contribution in [0.4, 0.5) is 10.8 Å². The first kappa shape index (κ1) is 18.2. The van der Waals surface area contributed by atoms with Crippen LogP contribution in [0.1, 0.15) is 17.4 Å². The zero-order chi connectivity index (χ0) is 17.4. The number of thiazole rings is 1. The van der Waals surface area contributed by atoms with Crippen LogP contribution in [0.3, 0.4) is 0 Å². The van der Waals surface area contributed by atoms with E-state index in [1.807, 2.05) is 31.2 Å². The standard InChI is InChI=1S/C16H21N3O4S/c1-4-23-12-7-5-11(6-8-12)18-16-19-13(10-24-16)15(20)17-9-14(21-2)22-3/h5-8,10,14H,4,9H2,1-3H3,(H,17,20)(H,18,19). The minimum absolute atomic E-state index is 0.255. The fourth-order valence-corrected chi connectivity index (χ4v) is 2.60. The highest BCUT2D eigenvalue weighted by molar-refractivity contribution is 7.14. The molecule has 0 unspecified atom stereocenters. The van der Waals surface area contributed by atoms with Crippen LogP contribution < -0.4 is 15.4 Å². The number of carbonyl (C=O) groups excluding carboxylic acids is 1. The second-order valence-corrected chi connectivity index (χ2v) is 5.59. The highest BCUT2D eigenvalue weighted by Crippen LogP contribution is 2.23. The second-order valence-electron chi connectivity index (χ2n) is 4.73. The number of carbonyl (C=O) groups is 1. The lowest BCUT2D eigenvalue weighted by Gasteiger charge is -2.13. The van der Waals surface area contributed by atoms with Gasteiger partial charge in [-0.05, 0) is 31.2 Å². The molecular formula is C16H21N3O4S. The van der Waals surface area contributed by atoms with Gasteiger partial charge in [-0.15, -0.1) is 11.3 Å². The molecule has 0 fully saturated rings. The lowest BCUT2D eigenvalue weighted by atomic mass is 10.3. The number of nitrogens with one attached hydrogen (secondary N) is 2. The van der Waals surface area contributed by atoms with Gasteiger partial charge in [-0.1, -0.05) is 0 Å². The topological polar surface area (TPSA) is 81.7 Å². The second kappa shape index (κ2) is 9.21. The molecule has 0 radical (unpaired) electrons. The van der Waals surface area contributed by atoms with Gasteiger partial charge in [-0.25, -0.2) is 4.98 Å². The van der Waals surface area contributed by atoms with Crippen LogP contribution in [0.2, 0.25) is 0 Å².